The fourth-order valence-corrected chi connectivity index (χ4v) is 5.09. The fourth-order valence-electron chi connectivity index (χ4n) is 5.09. The second-order valence-electron chi connectivity index (χ2n) is 11.3. The van der Waals surface area contributed by atoms with Crippen molar-refractivity contribution in [2.45, 2.75) is 38.9 Å². The molecule has 6 rings (SSSR count). The minimum absolute atomic E-state index is 0.392. The van der Waals surface area contributed by atoms with Crippen molar-refractivity contribution in [2.75, 3.05) is 0 Å². The van der Waals surface area contributed by atoms with Crippen molar-refractivity contribution in [2.24, 2.45) is 0 Å². The molecule has 3 heteroatoms. The van der Waals surface area contributed by atoms with Gasteiger partial charge in [0.25, 0.3) is 0 Å². The van der Waals surface area contributed by atoms with Gasteiger partial charge in [0.1, 0.15) is 0 Å². The van der Waals surface area contributed by atoms with Crippen LogP contribution >= 0.6 is 0 Å². The molecule has 0 radical (unpaired) electrons. The van der Waals surface area contributed by atoms with Gasteiger partial charge in [0.15, 0.2) is 0 Å². The van der Waals surface area contributed by atoms with Crippen molar-refractivity contribution in [3.05, 3.63) is 127 Å². The topological polar surface area (TPSA) is 18.5 Å². The van der Waals surface area contributed by atoms with Crippen LogP contribution < -0.4 is 5.46 Å². The lowest BCUT2D eigenvalue weighted by Gasteiger charge is -2.32. The number of hydrogen-bond donors (Lipinski definition) is 0. The second-order valence-corrected chi connectivity index (χ2v) is 11.3. The molecule has 0 amide bonds. The summed E-state index contributed by atoms with van der Waals surface area (Å²) in [6, 6.07) is 45.3. The van der Waals surface area contributed by atoms with Gasteiger partial charge in [0.05, 0.1) is 11.2 Å². The molecule has 0 bridgehead atoms. The third-order valence-electron chi connectivity index (χ3n) is 8.11. The van der Waals surface area contributed by atoms with Gasteiger partial charge < -0.3 is 9.31 Å². The summed E-state index contributed by atoms with van der Waals surface area (Å²) in [5.41, 5.74) is 9.73. The molecule has 1 aliphatic heterocycles. The molecule has 0 N–H and O–H groups in total. The minimum Gasteiger partial charge on any atom is -0.399 e. The third kappa shape index (κ3) is 5.08. The zero-order valence-electron chi connectivity index (χ0n) is 23.0. The molecule has 1 fully saturated rings. The molecule has 0 spiro atoms. The van der Waals surface area contributed by atoms with Crippen molar-refractivity contribution in [1.82, 2.24) is 0 Å². The van der Waals surface area contributed by atoms with E-state index in [0.29, 0.717) is 0 Å². The summed E-state index contributed by atoms with van der Waals surface area (Å²) >= 11 is 0. The molecular formula is C36H33BO2. The Morgan fingerprint density at radius 3 is 1.23 bits per heavy atom. The lowest BCUT2D eigenvalue weighted by Crippen LogP contribution is -2.41. The van der Waals surface area contributed by atoms with Crippen LogP contribution in [-0.2, 0) is 9.31 Å². The van der Waals surface area contributed by atoms with Gasteiger partial charge in [0, 0.05) is 0 Å². The van der Waals surface area contributed by atoms with Crippen molar-refractivity contribution in [3.63, 3.8) is 0 Å². The van der Waals surface area contributed by atoms with E-state index in [9.17, 15) is 0 Å². The average Bonchev–Trinajstić information content (AvgIpc) is 3.20. The minimum atomic E-state index is -0.419. The summed E-state index contributed by atoms with van der Waals surface area (Å²) in [5, 5.41) is 0. The maximum Gasteiger partial charge on any atom is 0.494 e. The summed E-state index contributed by atoms with van der Waals surface area (Å²) in [7, 11) is -0.419. The van der Waals surface area contributed by atoms with Crippen molar-refractivity contribution < 1.29 is 9.31 Å². The van der Waals surface area contributed by atoms with Gasteiger partial charge in [-0.25, -0.2) is 0 Å². The molecule has 0 atom stereocenters. The molecule has 1 heterocycles. The Kier molecular flexibility index (Phi) is 6.50. The smallest absolute Gasteiger partial charge is 0.399 e. The molecule has 1 saturated heterocycles. The quantitative estimate of drug-likeness (QED) is 0.221. The van der Waals surface area contributed by atoms with Crippen molar-refractivity contribution in [1.29, 1.82) is 0 Å². The summed E-state index contributed by atoms with van der Waals surface area (Å²) in [6.45, 7) is 8.39. The maximum atomic E-state index is 6.43. The van der Waals surface area contributed by atoms with Crippen LogP contribution in [0.1, 0.15) is 27.7 Å². The Bertz CT molecular complexity index is 1570. The largest absolute Gasteiger partial charge is 0.494 e. The monoisotopic (exact) mass is 508 g/mol. The first-order valence-corrected chi connectivity index (χ1v) is 13.6. The molecule has 0 unspecified atom stereocenters. The highest BCUT2D eigenvalue weighted by molar-refractivity contribution is 6.62. The molecule has 1 aliphatic rings. The van der Waals surface area contributed by atoms with Crippen LogP contribution in [0.2, 0.25) is 0 Å². The van der Waals surface area contributed by atoms with E-state index in [1.165, 1.54) is 27.8 Å². The Hall–Kier alpha value is -3.92. The van der Waals surface area contributed by atoms with Gasteiger partial charge >= 0.3 is 7.12 Å². The zero-order chi connectivity index (χ0) is 27.0. The zero-order valence-corrected chi connectivity index (χ0v) is 23.0. The fraction of sp³-hybridized carbons (Fsp3) is 0.167. The molecule has 0 aliphatic carbocycles. The van der Waals surface area contributed by atoms with Gasteiger partial charge in [-0.2, -0.15) is 0 Å². The highest BCUT2D eigenvalue weighted by Crippen LogP contribution is 2.37. The van der Waals surface area contributed by atoms with E-state index >= 15 is 0 Å². The van der Waals surface area contributed by atoms with Crippen LogP contribution in [0, 0.1) is 0 Å². The molecule has 2 nitrogen and oxygen atoms in total. The van der Waals surface area contributed by atoms with Crippen LogP contribution in [0.5, 0.6) is 0 Å². The van der Waals surface area contributed by atoms with Gasteiger partial charge in [-0.1, -0.05) is 115 Å². The lowest BCUT2D eigenvalue weighted by atomic mass is 9.76. The van der Waals surface area contributed by atoms with Crippen LogP contribution in [0.15, 0.2) is 127 Å². The molecular weight excluding hydrogens is 475 g/mol. The summed E-state index contributed by atoms with van der Waals surface area (Å²) in [4.78, 5) is 0. The standard InChI is InChI=1S/C36H33BO2/c1-35(2)36(3,4)39-37(38-35)34-24-32(27-14-9-6-10-15-27)23-33(25-34)29-20-18-28(19-21-29)31-17-11-16-30(22-31)26-12-7-5-8-13-26/h5-25H,1-4H3. The van der Waals surface area contributed by atoms with Crippen molar-refractivity contribution >= 4 is 12.6 Å². The first-order valence-electron chi connectivity index (χ1n) is 13.6. The molecule has 39 heavy (non-hydrogen) atoms. The predicted molar refractivity (Wildman–Crippen MR) is 164 cm³/mol. The summed E-state index contributed by atoms with van der Waals surface area (Å²) in [6.07, 6.45) is 0. The Labute approximate surface area is 232 Å². The number of benzene rings is 5. The normalized spacial score (nSPS) is 15.8. The first kappa shape index (κ1) is 25.4. The molecule has 5 aromatic rings. The lowest BCUT2D eigenvalue weighted by molar-refractivity contribution is 0.00578. The van der Waals surface area contributed by atoms with Gasteiger partial charge in [-0.05, 0) is 89.8 Å². The van der Waals surface area contributed by atoms with E-state index in [1.807, 2.05) is 6.07 Å². The predicted octanol–water partition coefficient (Wildman–Crippen LogP) is 8.65. The summed E-state index contributed by atoms with van der Waals surface area (Å²) < 4.78 is 12.9. The van der Waals surface area contributed by atoms with Crippen LogP contribution in [0.25, 0.3) is 44.5 Å². The van der Waals surface area contributed by atoms with Crippen LogP contribution in [-0.4, -0.2) is 18.3 Å². The Balaban J connectivity index is 1.37. The van der Waals surface area contributed by atoms with Gasteiger partial charge in [0.2, 0.25) is 0 Å². The van der Waals surface area contributed by atoms with E-state index < -0.39 is 18.3 Å². The number of rotatable bonds is 5. The van der Waals surface area contributed by atoms with E-state index in [1.54, 1.807) is 0 Å². The Morgan fingerprint density at radius 2 is 0.744 bits per heavy atom. The molecule has 192 valence electrons. The van der Waals surface area contributed by atoms with Crippen LogP contribution in [0.3, 0.4) is 0 Å². The van der Waals surface area contributed by atoms with Gasteiger partial charge in [-0.3, -0.25) is 0 Å². The third-order valence-corrected chi connectivity index (χ3v) is 8.11. The SMILES string of the molecule is CC1(C)OB(c2cc(-c3ccccc3)cc(-c3ccc(-c4cccc(-c5ccccc5)c4)cc3)c2)OC1(C)C. The van der Waals surface area contributed by atoms with E-state index in [0.717, 1.165) is 22.2 Å². The highest BCUT2D eigenvalue weighted by Gasteiger charge is 2.51. The maximum absolute atomic E-state index is 6.43. The molecule has 0 aromatic heterocycles. The first-order chi connectivity index (χ1) is 18.8. The number of hydrogen-bond acceptors (Lipinski definition) is 2. The highest BCUT2D eigenvalue weighted by atomic mass is 16.7. The second kappa shape index (κ2) is 10.00. The average molecular weight is 508 g/mol. The van der Waals surface area contributed by atoms with Gasteiger partial charge in [-0.15, -0.1) is 0 Å². The van der Waals surface area contributed by atoms with E-state index in [4.69, 9.17) is 9.31 Å². The molecule has 0 saturated carbocycles. The Morgan fingerprint density at radius 1 is 0.385 bits per heavy atom. The van der Waals surface area contributed by atoms with E-state index in [-0.39, 0.29) is 0 Å². The molecule has 5 aromatic carbocycles. The van der Waals surface area contributed by atoms with Crippen LogP contribution in [0.4, 0.5) is 0 Å². The summed E-state index contributed by atoms with van der Waals surface area (Å²) in [5.74, 6) is 0. The van der Waals surface area contributed by atoms with Crippen molar-refractivity contribution in [3.8, 4) is 44.5 Å². The van der Waals surface area contributed by atoms with E-state index in [2.05, 4.69) is 149 Å².